The van der Waals surface area contributed by atoms with Crippen molar-refractivity contribution < 1.29 is 19.0 Å². The minimum absolute atomic E-state index is 0.188. The summed E-state index contributed by atoms with van der Waals surface area (Å²) in [5.74, 6) is 1.46. The van der Waals surface area contributed by atoms with Gasteiger partial charge in [0.25, 0.3) is 5.91 Å². The summed E-state index contributed by atoms with van der Waals surface area (Å²) in [5.41, 5.74) is 7.89. The molecule has 0 unspecified atom stereocenters. The van der Waals surface area contributed by atoms with E-state index in [-0.39, 0.29) is 12.5 Å². The van der Waals surface area contributed by atoms with Crippen molar-refractivity contribution in [2.24, 2.45) is 5.10 Å². The maximum Gasteiger partial charge on any atom is 0.262 e. The van der Waals surface area contributed by atoms with Gasteiger partial charge in [-0.05, 0) is 42.8 Å². The Morgan fingerprint density at radius 2 is 1.93 bits per heavy atom. The number of nitrogens with zero attached hydrogens (tertiary/aromatic N) is 3. The van der Waals surface area contributed by atoms with Crippen molar-refractivity contribution in [3.63, 3.8) is 0 Å². The smallest absolute Gasteiger partial charge is 0.262 e. The van der Waals surface area contributed by atoms with E-state index in [9.17, 15) is 4.79 Å². The summed E-state index contributed by atoms with van der Waals surface area (Å²) < 4.78 is 17.7. The normalized spacial score (nSPS) is 10.8. The van der Waals surface area contributed by atoms with Crippen molar-refractivity contribution in [1.29, 1.82) is 0 Å². The van der Waals surface area contributed by atoms with Crippen molar-refractivity contribution in [2.75, 3.05) is 31.9 Å². The molecule has 0 fully saturated rings. The largest absolute Gasteiger partial charge is 0.495 e. The van der Waals surface area contributed by atoms with Crippen LogP contribution in [0.4, 0.5) is 11.6 Å². The first-order valence-corrected chi connectivity index (χ1v) is 9.09. The van der Waals surface area contributed by atoms with Gasteiger partial charge in [0.2, 0.25) is 5.95 Å². The number of methoxy groups -OCH3 is 2. The van der Waals surface area contributed by atoms with Crippen LogP contribution in [0.25, 0.3) is 0 Å². The Bertz CT molecular complexity index is 1060. The molecule has 9 heteroatoms. The summed E-state index contributed by atoms with van der Waals surface area (Å²) in [5, 5.41) is 7.03. The van der Waals surface area contributed by atoms with Crippen LogP contribution in [0.3, 0.4) is 0 Å². The number of nitrogen functional groups attached to an aromatic ring is 1. The Kier molecular flexibility index (Phi) is 6.53. The third-order valence-electron chi connectivity index (χ3n) is 4.09. The van der Waals surface area contributed by atoms with Crippen molar-refractivity contribution in [2.45, 2.75) is 6.92 Å². The van der Waals surface area contributed by atoms with Crippen LogP contribution >= 0.6 is 0 Å². The van der Waals surface area contributed by atoms with Gasteiger partial charge in [-0.2, -0.15) is 5.10 Å². The summed E-state index contributed by atoms with van der Waals surface area (Å²) in [6.07, 6.45) is 3.35. The third kappa shape index (κ3) is 5.07. The number of para-hydroxylation sites is 2. The number of ether oxygens (including phenoxy) is 3. The van der Waals surface area contributed by atoms with Gasteiger partial charge in [-0.15, -0.1) is 0 Å². The minimum atomic E-state index is -0.321. The highest BCUT2D eigenvalue weighted by Gasteiger charge is 2.11. The second kappa shape index (κ2) is 9.46. The van der Waals surface area contributed by atoms with Crippen LogP contribution in [0.5, 0.6) is 17.2 Å². The van der Waals surface area contributed by atoms with Gasteiger partial charge in [-0.25, -0.2) is 9.66 Å². The number of anilines is 2. The number of carbonyl (C=O) groups excluding carboxylic acids is 1. The van der Waals surface area contributed by atoms with Gasteiger partial charge in [0.15, 0.2) is 18.1 Å². The van der Waals surface area contributed by atoms with E-state index in [0.717, 1.165) is 11.3 Å². The van der Waals surface area contributed by atoms with Gasteiger partial charge in [-0.3, -0.25) is 4.79 Å². The number of benzene rings is 2. The van der Waals surface area contributed by atoms with E-state index in [0.29, 0.717) is 28.9 Å². The number of amides is 1. The maximum absolute atomic E-state index is 12.2. The number of aryl methyl sites for hydroxylation is 1. The Morgan fingerprint density at radius 3 is 2.63 bits per heavy atom. The zero-order valence-corrected chi connectivity index (χ0v) is 17.0. The third-order valence-corrected chi connectivity index (χ3v) is 4.09. The van der Waals surface area contributed by atoms with Gasteiger partial charge in [-0.1, -0.05) is 12.1 Å². The highest BCUT2D eigenvalue weighted by molar-refractivity contribution is 5.93. The molecule has 0 radical (unpaired) electrons. The fraction of sp³-hybridized carbons (Fsp3) is 0.190. The molecule has 0 atom stereocenters. The lowest BCUT2D eigenvalue weighted by atomic mass is 10.2. The molecular formula is C21H23N5O4. The van der Waals surface area contributed by atoms with Crippen LogP contribution in [0, 0.1) is 6.92 Å². The fourth-order valence-corrected chi connectivity index (χ4v) is 2.69. The molecule has 3 aromatic rings. The first-order chi connectivity index (χ1) is 14.5. The summed E-state index contributed by atoms with van der Waals surface area (Å²) in [6.45, 7) is 1.65. The fourth-order valence-electron chi connectivity index (χ4n) is 2.69. The predicted molar refractivity (Wildman–Crippen MR) is 114 cm³/mol. The molecule has 3 N–H and O–H groups in total. The molecule has 156 valence electrons. The number of nitrogens with two attached hydrogens (primary N) is 1. The summed E-state index contributed by atoms with van der Waals surface area (Å²) in [4.78, 5) is 16.3. The second-order valence-electron chi connectivity index (χ2n) is 6.28. The van der Waals surface area contributed by atoms with E-state index in [1.165, 1.54) is 11.8 Å². The molecule has 1 aromatic heterocycles. The van der Waals surface area contributed by atoms with Crippen LogP contribution < -0.4 is 25.3 Å². The van der Waals surface area contributed by atoms with Crippen molar-refractivity contribution in [3.8, 4) is 17.2 Å². The van der Waals surface area contributed by atoms with E-state index in [1.807, 2.05) is 13.0 Å². The lowest BCUT2D eigenvalue weighted by Crippen LogP contribution is -2.20. The molecule has 1 heterocycles. The molecule has 30 heavy (non-hydrogen) atoms. The molecular weight excluding hydrogens is 386 g/mol. The molecule has 0 spiro atoms. The van der Waals surface area contributed by atoms with Gasteiger partial charge in [0.1, 0.15) is 5.75 Å². The van der Waals surface area contributed by atoms with Crippen molar-refractivity contribution in [1.82, 2.24) is 9.66 Å². The van der Waals surface area contributed by atoms with E-state index in [4.69, 9.17) is 19.9 Å². The molecule has 0 aliphatic rings. The molecule has 2 aromatic carbocycles. The molecule has 0 saturated carbocycles. The quantitative estimate of drug-likeness (QED) is 0.553. The zero-order valence-electron chi connectivity index (χ0n) is 17.0. The topological polar surface area (TPSA) is 113 Å². The van der Waals surface area contributed by atoms with Crippen LogP contribution in [0.1, 0.15) is 11.3 Å². The van der Waals surface area contributed by atoms with Crippen LogP contribution in [0.15, 0.2) is 53.8 Å². The van der Waals surface area contributed by atoms with E-state index in [2.05, 4.69) is 15.4 Å². The standard InChI is InChI=1S/C21H23N5O4/c1-14-12-26(21(22)24-14)23-11-15-8-9-18(19(10-15)29-3)30-13-20(27)25-16-6-4-5-7-17(16)28-2/h4-12H,13H2,1-3H3,(H2,22,24)(H,25,27). The number of carbonyl (C=O) groups is 1. The summed E-state index contributed by atoms with van der Waals surface area (Å²) >= 11 is 0. The molecule has 3 rings (SSSR count). The Hall–Kier alpha value is -4.01. The van der Waals surface area contributed by atoms with Crippen molar-refractivity contribution in [3.05, 3.63) is 59.9 Å². The molecule has 0 aliphatic heterocycles. The Labute approximate surface area is 174 Å². The van der Waals surface area contributed by atoms with Crippen LogP contribution in [-0.2, 0) is 4.79 Å². The first kappa shape index (κ1) is 20.7. The maximum atomic E-state index is 12.2. The number of nitrogens with one attached hydrogen (secondary N) is 1. The van der Waals surface area contributed by atoms with Gasteiger partial charge in [0.05, 0.1) is 38.0 Å². The summed E-state index contributed by atoms with van der Waals surface area (Å²) in [6, 6.07) is 12.4. The van der Waals surface area contributed by atoms with Gasteiger partial charge >= 0.3 is 0 Å². The second-order valence-corrected chi connectivity index (χ2v) is 6.28. The Morgan fingerprint density at radius 1 is 1.17 bits per heavy atom. The van der Waals surface area contributed by atoms with Crippen LogP contribution in [-0.4, -0.2) is 42.6 Å². The molecule has 0 saturated heterocycles. The van der Waals surface area contributed by atoms with Gasteiger partial charge in [0, 0.05) is 0 Å². The average Bonchev–Trinajstić information content (AvgIpc) is 3.08. The van der Waals surface area contributed by atoms with E-state index in [1.54, 1.807) is 55.9 Å². The SMILES string of the molecule is COc1ccccc1NC(=O)COc1ccc(C=Nn2cc(C)nc2N)cc1OC. The highest BCUT2D eigenvalue weighted by Crippen LogP contribution is 2.28. The monoisotopic (exact) mass is 409 g/mol. The minimum Gasteiger partial charge on any atom is -0.495 e. The predicted octanol–water partition coefficient (Wildman–Crippen LogP) is 2.69. The average molecular weight is 409 g/mol. The molecule has 0 aliphatic carbocycles. The van der Waals surface area contributed by atoms with Crippen LogP contribution in [0.2, 0.25) is 0 Å². The summed E-state index contributed by atoms with van der Waals surface area (Å²) in [7, 11) is 3.06. The van der Waals surface area contributed by atoms with E-state index < -0.39 is 0 Å². The molecule has 9 nitrogen and oxygen atoms in total. The lowest BCUT2D eigenvalue weighted by Gasteiger charge is -2.12. The first-order valence-electron chi connectivity index (χ1n) is 9.09. The zero-order chi connectivity index (χ0) is 21.5. The number of aromatic nitrogens is 2. The van der Waals surface area contributed by atoms with Gasteiger partial charge < -0.3 is 25.3 Å². The van der Waals surface area contributed by atoms with Crippen molar-refractivity contribution >= 4 is 23.8 Å². The number of hydrogen-bond donors (Lipinski definition) is 2. The number of rotatable bonds is 8. The number of hydrogen-bond acceptors (Lipinski definition) is 7. The number of imidazole rings is 1. The molecule has 0 bridgehead atoms. The molecule has 1 amide bonds. The highest BCUT2D eigenvalue weighted by atomic mass is 16.5. The van der Waals surface area contributed by atoms with E-state index >= 15 is 0 Å². The Balaban J connectivity index is 1.65. The lowest BCUT2D eigenvalue weighted by molar-refractivity contribution is -0.118.